The van der Waals surface area contributed by atoms with Crippen molar-refractivity contribution in [3.05, 3.63) is 23.9 Å². The highest BCUT2D eigenvalue weighted by Gasteiger charge is 2.25. The Morgan fingerprint density at radius 3 is 2.81 bits per heavy atom. The summed E-state index contributed by atoms with van der Waals surface area (Å²) in [5, 5.41) is 0. The number of aromatic nitrogens is 1. The largest absolute Gasteiger partial charge is 0.383 e. The van der Waals surface area contributed by atoms with Gasteiger partial charge in [-0.3, -0.25) is 4.90 Å². The van der Waals surface area contributed by atoms with Crippen LogP contribution in [0.2, 0.25) is 0 Å². The van der Waals surface area contributed by atoms with E-state index in [1.807, 2.05) is 6.07 Å². The molecule has 1 aliphatic carbocycles. The Balaban J connectivity index is 2.01. The van der Waals surface area contributed by atoms with Crippen LogP contribution in [-0.4, -0.2) is 22.5 Å². The van der Waals surface area contributed by atoms with Gasteiger partial charge in [0.1, 0.15) is 5.82 Å². The van der Waals surface area contributed by atoms with Crippen LogP contribution >= 0.6 is 0 Å². The fourth-order valence-electron chi connectivity index (χ4n) is 1.89. The average molecular weight is 219 g/mol. The number of hydrogen-bond acceptors (Lipinski definition) is 3. The van der Waals surface area contributed by atoms with Crippen LogP contribution in [0.4, 0.5) is 5.82 Å². The highest BCUT2D eigenvalue weighted by molar-refractivity contribution is 5.38. The van der Waals surface area contributed by atoms with E-state index in [1.165, 1.54) is 19.4 Å². The Hall–Kier alpha value is -1.09. The topological polar surface area (TPSA) is 42.2 Å². The lowest BCUT2D eigenvalue weighted by Gasteiger charge is -2.26. The third kappa shape index (κ3) is 2.95. The molecule has 0 saturated heterocycles. The predicted molar refractivity (Wildman–Crippen MR) is 66.9 cm³/mol. The van der Waals surface area contributed by atoms with E-state index in [4.69, 9.17) is 5.73 Å². The second-order valence-electron chi connectivity index (χ2n) is 5.01. The molecule has 0 radical (unpaired) electrons. The molecule has 3 nitrogen and oxygen atoms in total. The zero-order valence-corrected chi connectivity index (χ0v) is 10.2. The number of nitrogens with two attached hydrogens (primary N) is 1. The molecule has 1 aromatic rings. The van der Waals surface area contributed by atoms with E-state index < -0.39 is 0 Å². The van der Waals surface area contributed by atoms with Crippen molar-refractivity contribution in [2.75, 3.05) is 12.3 Å². The summed E-state index contributed by atoms with van der Waals surface area (Å²) in [4.78, 5) is 6.63. The predicted octanol–water partition coefficient (Wildman–Crippen LogP) is 2.28. The highest BCUT2D eigenvalue weighted by Crippen LogP contribution is 2.31. The van der Waals surface area contributed by atoms with Gasteiger partial charge in [-0.05, 0) is 38.7 Å². The lowest BCUT2D eigenvalue weighted by atomic mass is 10.2. The SMILES string of the molecule is CC(C)N(Cc1cccnc1N)CC1CC1. The Labute approximate surface area is 97.7 Å². The van der Waals surface area contributed by atoms with E-state index in [9.17, 15) is 0 Å². The summed E-state index contributed by atoms with van der Waals surface area (Å²) in [5.41, 5.74) is 7.03. The molecule has 3 heteroatoms. The molecule has 0 spiro atoms. The number of hydrogen-bond donors (Lipinski definition) is 1. The van der Waals surface area contributed by atoms with Gasteiger partial charge in [0.2, 0.25) is 0 Å². The zero-order chi connectivity index (χ0) is 11.5. The first-order chi connectivity index (χ1) is 7.66. The van der Waals surface area contributed by atoms with Crippen LogP contribution in [0.5, 0.6) is 0 Å². The second-order valence-corrected chi connectivity index (χ2v) is 5.01. The highest BCUT2D eigenvalue weighted by atomic mass is 15.2. The molecule has 0 atom stereocenters. The van der Waals surface area contributed by atoms with Crippen LogP contribution in [0, 0.1) is 5.92 Å². The first-order valence-electron chi connectivity index (χ1n) is 6.10. The van der Waals surface area contributed by atoms with Crippen molar-refractivity contribution < 1.29 is 0 Å². The molecule has 2 N–H and O–H groups in total. The Morgan fingerprint density at radius 2 is 2.25 bits per heavy atom. The minimum atomic E-state index is 0.570. The van der Waals surface area contributed by atoms with Crippen molar-refractivity contribution in [3.63, 3.8) is 0 Å². The molecule has 2 rings (SSSR count). The van der Waals surface area contributed by atoms with Gasteiger partial charge in [0.05, 0.1) is 0 Å². The fourth-order valence-corrected chi connectivity index (χ4v) is 1.89. The average Bonchev–Trinajstić information content (AvgIpc) is 3.04. The van der Waals surface area contributed by atoms with E-state index in [1.54, 1.807) is 6.20 Å². The Morgan fingerprint density at radius 1 is 1.50 bits per heavy atom. The van der Waals surface area contributed by atoms with E-state index in [0.29, 0.717) is 11.9 Å². The molecule has 88 valence electrons. The van der Waals surface area contributed by atoms with E-state index in [0.717, 1.165) is 18.0 Å². The molecule has 1 fully saturated rings. The third-order valence-corrected chi connectivity index (χ3v) is 3.22. The minimum absolute atomic E-state index is 0.570. The third-order valence-electron chi connectivity index (χ3n) is 3.22. The quantitative estimate of drug-likeness (QED) is 0.826. The fraction of sp³-hybridized carbons (Fsp3) is 0.615. The Kier molecular flexibility index (Phi) is 3.44. The summed E-state index contributed by atoms with van der Waals surface area (Å²) < 4.78 is 0. The van der Waals surface area contributed by atoms with Gasteiger partial charge in [0, 0.05) is 30.9 Å². The molecule has 0 amide bonds. The molecule has 0 aliphatic heterocycles. The zero-order valence-electron chi connectivity index (χ0n) is 10.2. The van der Waals surface area contributed by atoms with Gasteiger partial charge >= 0.3 is 0 Å². The van der Waals surface area contributed by atoms with Crippen molar-refractivity contribution in [1.29, 1.82) is 0 Å². The van der Waals surface area contributed by atoms with E-state index >= 15 is 0 Å². The van der Waals surface area contributed by atoms with Gasteiger partial charge < -0.3 is 5.73 Å². The van der Waals surface area contributed by atoms with Crippen molar-refractivity contribution in [1.82, 2.24) is 9.88 Å². The first kappa shape index (κ1) is 11.4. The van der Waals surface area contributed by atoms with Crippen LogP contribution in [0.1, 0.15) is 32.3 Å². The van der Waals surface area contributed by atoms with Gasteiger partial charge in [0.25, 0.3) is 0 Å². The lowest BCUT2D eigenvalue weighted by Crippen LogP contribution is -2.32. The molecular formula is C13H21N3. The molecule has 1 aromatic heterocycles. The van der Waals surface area contributed by atoms with Crippen molar-refractivity contribution >= 4 is 5.82 Å². The van der Waals surface area contributed by atoms with Crippen molar-refractivity contribution in [2.45, 2.75) is 39.3 Å². The van der Waals surface area contributed by atoms with Crippen LogP contribution in [0.15, 0.2) is 18.3 Å². The van der Waals surface area contributed by atoms with Crippen LogP contribution < -0.4 is 5.73 Å². The molecule has 1 aliphatic rings. The van der Waals surface area contributed by atoms with Crippen LogP contribution in [-0.2, 0) is 6.54 Å². The van der Waals surface area contributed by atoms with Gasteiger partial charge in [-0.1, -0.05) is 6.07 Å². The van der Waals surface area contributed by atoms with Gasteiger partial charge in [0.15, 0.2) is 0 Å². The number of anilines is 1. The maximum Gasteiger partial charge on any atom is 0.127 e. The normalized spacial score (nSPS) is 16.0. The summed E-state index contributed by atoms with van der Waals surface area (Å²) >= 11 is 0. The van der Waals surface area contributed by atoms with Crippen molar-refractivity contribution in [3.8, 4) is 0 Å². The molecule has 0 bridgehead atoms. The number of nitrogens with zero attached hydrogens (tertiary/aromatic N) is 2. The Bertz CT molecular complexity index is 345. The molecule has 0 aromatic carbocycles. The lowest BCUT2D eigenvalue weighted by molar-refractivity contribution is 0.204. The number of nitrogen functional groups attached to an aromatic ring is 1. The molecular weight excluding hydrogens is 198 g/mol. The van der Waals surface area contributed by atoms with E-state index in [-0.39, 0.29) is 0 Å². The number of rotatable bonds is 5. The monoisotopic (exact) mass is 219 g/mol. The van der Waals surface area contributed by atoms with Gasteiger partial charge in [-0.25, -0.2) is 4.98 Å². The second kappa shape index (κ2) is 4.83. The molecule has 1 heterocycles. The van der Waals surface area contributed by atoms with Crippen LogP contribution in [0.25, 0.3) is 0 Å². The minimum Gasteiger partial charge on any atom is -0.383 e. The summed E-state index contributed by atoms with van der Waals surface area (Å²) in [5.74, 6) is 1.59. The molecule has 1 saturated carbocycles. The maximum absolute atomic E-state index is 5.88. The molecule has 16 heavy (non-hydrogen) atoms. The smallest absolute Gasteiger partial charge is 0.127 e. The van der Waals surface area contributed by atoms with Gasteiger partial charge in [-0.15, -0.1) is 0 Å². The number of pyridine rings is 1. The summed E-state index contributed by atoms with van der Waals surface area (Å²) in [7, 11) is 0. The maximum atomic E-state index is 5.88. The summed E-state index contributed by atoms with van der Waals surface area (Å²) in [6.45, 7) is 6.61. The van der Waals surface area contributed by atoms with Crippen LogP contribution in [0.3, 0.4) is 0 Å². The van der Waals surface area contributed by atoms with Gasteiger partial charge in [-0.2, -0.15) is 0 Å². The standard InChI is InChI=1S/C13H21N3/c1-10(2)16(8-11-5-6-11)9-12-4-3-7-15-13(12)14/h3-4,7,10-11H,5-6,8-9H2,1-2H3,(H2,14,15). The molecule has 0 unspecified atom stereocenters. The summed E-state index contributed by atoms with van der Waals surface area (Å²) in [6, 6.07) is 4.60. The van der Waals surface area contributed by atoms with E-state index in [2.05, 4.69) is 29.8 Å². The summed E-state index contributed by atoms with van der Waals surface area (Å²) in [6.07, 6.45) is 4.54. The first-order valence-corrected chi connectivity index (χ1v) is 6.10. The van der Waals surface area contributed by atoms with Crippen molar-refractivity contribution in [2.24, 2.45) is 5.92 Å².